The first-order chi connectivity index (χ1) is 14.2. The molecule has 3 rings (SSSR count). The van der Waals surface area contributed by atoms with Crippen molar-refractivity contribution in [3.8, 4) is 5.75 Å². The van der Waals surface area contributed by atoms with Crippen molar-refractivity contribution in [2.75, 3.05) is 44.4 Å². The molecule has 164 valence electrons. The number of rotatable bonds is 7. The SMILES string of the molecule is CCN1CC(c2c(Cl)c(Cl)cc(C(C)N(C)c3ncnc(N)c3C(C)C)c2OC)C1. The molecule has 0 saturated carbocycles. The highest BCUT2D eigenvalue weighted by molar-refractivity contribution is 6.42. The maximum Gasteiger partial charge on any atom is 0.137 e. The second-order valence-electron chi connectivity index (χ2n) is 8.20. The van der Waals surface area contributed by atoms with Crippen LogP contribution in [-0.2, 0) is 0 Å². The molecular weight excluding hydrogens is 421 g/mol. The Morgan fingerprint density at radius 2 is 1.93 bits per heavy atom. The zero-order valence-electron chi connectivity index (χ0n) is 18.5. The maximum absolute atomic E-state index is 6.66. The number of likely N-dealkylation sites (N-methyl/N-ethyl adjacent to an activating group) is 1. The Labute approximate surface area is 189 Å². The minimum absolute atomic E-state index is 0.0670. The minimum atomic E-state index is -0.0670. The maximum atomic E-state index is 6.66. The van der Waals surface area contributed by atoms with Crippen molar-refractivity contribution in [3.05, 3.63) is 39.1 Å². The van der Waals surface area contributed by atoms with E-state index in [1.54, 1.807) is 7.11 Å². The van der Waals surface area contributed by atoms with E-state index in [0.717, 1.165) is 47.9 Å². The van der Waals surface area contributed by atoms with E-state index in [-0.39, 0.29) is 12.0 Å². The summed E-state index contributed by atoms with van der Waals surface area (Å²) in [4.78, 5) is 13.2. The van der Waals surface area contributed by atoms with Gasteiger partial charge in [0.15, 0.2) is 0 Å². The van der Waals surface area contributed by atoms with Gasteiger partial charge in [0.25, 0.3) is 0 Å². The monoisotopic (exact) mass is 451 g/mol. The van der Waals surface area contributed by atoms with Gasteiger partial charge in [0.1, 0.15) is 23.7 Å². The lowest BCUT2D eigenvalue weighted by molar-refractivity contribution is 0.155. The van der Waals surface area contributed by atoms with Crippen molar-refractivity contribution >= 4 is 34.8 Å². The highest BCUT2D eigenvalue weighted by Gasteiger charge is 2.34. The van der Waals surface area contributed by atoms with Gasteiger partial charge in [-0.15, -0.1) is 0 Å². The number of nitrogens with zero attached hydrogens (tertiary/aromatic N) is 4. The van der Waals surface area contributed by atoms with E-state index >= 15 is 0 Å². The number of anilines is 2. The lowest BCUT2D eigenvalue weighted by atomic mass is 9.88. The average molecular weight is 452 g/mol. The van der Waals surface area contributed by atoms with Crippen molar-refractivity contribution < 1.29 is 4.74 Å². The van der Waals surface area contributed by atoms with Crippen LogP contribution in [0.1, 0.15) is 62.3 Å². The van der Waals surface area contributed by atoms with Gasteiger partial charge in [0.05, 0.1) is 23.2 Å². The Morgan fingerprint density at radius 1 is 1.27 bits per heavy atom. The number of nitrogen functional groups attached to an aromatic ring is 1. The molecule has 30 heavy (non-hydrogen) atoms. The van der Waals surface area contributed by atoms with Gasteiger partial charge < -0.3 is 20.3 Å². The molecule has 1 atom stereocenters. The quantitative estimate of drug-likeness (QED) is 0.630. The number of hydrogen-bond acceptors (Lipinski definition) is 6. The Hall–Kier alpha value is -1.76. The Bertz CT molecular complexity index is 915. The number of aromatic nitrogens is 2. The van der Waals surface area contributed by atoms with Gasteiger partial charge in [-0.1, -0.05) is 44.0 Å². The predicted octanol–water partition coefficient (Wildman–Crippen LogP) is 5.11. The van der Waals surface area contributed by atoms with Crippen LogP contribution in [0, 0.1) is 0 Å². The Kier molecular flexibility index (Phi) is 7.00. The smallest absolute Gasteiger partial charge is 0.137 e. The van der Waals surface area contributed by atoms with Crippen LogP contribution in [0.25, 0.3) is 0 Å². The van der Waals surface area contributed by atoms with Crippen molar-refractivity contribution in [1.29, 1.82) is 0 Å². The first-order valence-electron chi connectivity index (χ1n) is 10.3. The van der Waals surface area contributed by atoms with Crippen LogP contribution in [0.4, 0.5) is 11.6 Å². The normalized spacial score (nSPS) is 15.9. The van der Waals surface area contributed by atoms with E-state index < -0.39 is 0 Å². The zero-order chi connectivity index (χ0) is 22.2. The molecule has 8 heteroatoms. The molecule has 1 aromatic heterocycles. The molecule has 6 nitrogen and oxygen atoms in total. The summed E-state index contributed by atoms with van der Waals surface area (Å²) in [5.41, 5.74) is 9.08. The van der Waals surface area contributed by atoms with Crippen LogP contribution in [0.2, 0.25) is 10.0 Å². The third-order valence-corrected chi connectivity index (χ3v) is 6.89. The van der Waals surface area contributed by atoms with E-state index in [1.807, 2.05) is 13.1 Å². The molecule has 1 unspecified atom stereocenters. The number of benzene rings is 1. The fourth-order valence-corrected chi connectivity index (χ4v) is 4.70. The van der Waals surface area contributed by atoms with E-state index in [1.165, 1.54) is 6.33 Å². The van der Waals surface area contributed by atoms with Crippen molar-refractivity contribution in [1.82, 2.24) is 14.9 Å². The van der Waals surface area contributed by atoms with Gasteiger partial charge in [0.2, 0.25) is 0 Å². The molecule has 1 aliphatic heterocycles. The lowest BCUT2D eigenvalue weighted by Gasteiger charge is -2.40. The molecule has 2 heterocycles. The number of methoxy groups -OCH3 is 1. The van der Waals surface area contributed by atoms with Gasteiger partial charge in [-0.25, -0.2) is 9.97 Å². The van der Waals surface area contributed by atoms with E-state index in [2.05, 4.69) is 47.5 Å². The molecule has 0 radical (unpaired) electrons. The molecule has 1 aliphatic rings. The Balaban J connectivity index is 2.06. The van der Waals surface area contributed by atoms with Crippen LogP contribution in [0.3, 0.4) is 0 Å². The topological polar surface area (TPSA) is 67.5 Å². The van der Waals surface area contributed by atoms with Gasteiger partial charge in [-0.3, -0.25) is 0 Å². The number of ether oxygens (including phenoxy) is 1. The third kappa shape index (κ3) is 4.05. The molecule has 0 aliphatic carbocycles. The molecule has 0 amide bonds. The highest BCUT2D eigenvalue weighted by Crippen LogP contribution is 2.47. The van der Waals surface area contributed by atoms with Crippen LogP contribution in [0.5, 0.6) is 5.75 Å². The van der Waals surface area contributed by atoms with Gasteiger partial charge in [0, 0.05) is 42.7 Å². The summed E-state index contributed by atoms with van der Waals surface area (Å²) in [6.07, 6.45) is 1.50. The summed E-state index contributed by atoms with van der Waals surface area (Å²) in [6.45, 7) is 11.4. The van der Waals surface area contributed by atoms with Crippen LogP contribution in [0.15, 0.2) is 12.4 Å². The number of likely N-dealkylation sites (tertiary alicyclic amines) is 1. The van der Waals surface area contributed by atoms with E-state index in [0.29, 0.717) is 21.8 Å². The van der Waals surface area contributed by atoms with Gasteiger partial charge in [-0.05, 0) is 25.5 Å². The fourth-order valence-electron chi connectivity index (χ4n) is 4.19. The first-order valence-corrected chi connectivity index (χ1v) is 11.1. The standard InChI is InChI=1S/C22H31Cl2N5O/c1-7-29-9-14(10-29)18-19(24)16(23)8-15(20(18)30-6)13(4)28(5)22-17(12(2)3)21(25)26-11-27-22/h8,11-14H,7,9-10H2,1-6H3,(H2,25,26,27). The van der Waals surface area contributed by atoms with E-state index in [9.17, 15) is 0 Å². The summed E-state index contributed by atoms with van der Waals surface area (Å²) >= 11 is 13.2. The molecule has 0 bridgehead atoms. The number of halogens is 2. The van der Waals surface area contributed by atoms with Crippen LogP contribution in [-0.4, -0.2) is 48.7 Å². The van der Waals surface area contributed by atoms with Crippen LogP contribution >= 0.6 is 23.2 Å². The largest absolute Gasteiger partial charge is 0.496 e. The third-order valence-electron chi connectivity index (χ3n) is 6.09. The molecular formula is C22H31Cl2N5O. The molecule has 1 fully saturated rings. The first kappa shape index (κ1) is 22.9. The van der Waals surface area contributed by atoms with E-state index in [4.69, 9.17) is 33.7 Å². The molecule has 2 aromatic rings. The predicted molar refractivity (Wildman–Crippen MR) is 125 cm³/mol. The molecule has 1 aromatic carbocycles. The summed E-state index contributed by atoms with van der Waals surface area (Å²) < 4.78 is 5.90. The Morgan fingerprint density at radius 3 is 2.50 bits per heavy atom. The highest BCUT2D eigenvalue weighted by atomic mass is 35.5. The van der Waals surface area contributed by atoms with Crippen molar-refractivity contribution in [2.45, 2.75) is 45.6 Å². The summed E-state index contributed by atoms with van der Waals surface area (Å²) in [5.74, 6) is 2.61. The van der Waals surface area contributed by atoms with Crippen LogP contribution < -0.4 is 15.4 Å². The summed E-state index contributed by atoms with van der Waals surface area (Å²) in [6, 6.07) is 1.84. The number of nitrogens with two attached hydrogens (primary N) is 1. The second-order valence-corrected chi connectivity index (χ2v) is 8.98. The molecule has 0 spiro atoms. The van der Waals surface area contributed by atoms with Crippen molar-refractivity contribution in [3.63, 3.8) is 0 Å². The van der Waals surface area contributed by atoms with Gasteiger partial charge >= 0.3 is 0 Å². The second kappa shape index (κ2) is 9.16. The molecule has 1 saturated heterocycles. The summed E-state index contributed by atoms with van der Waals surface area (Å²) in [7, 11) is 3.69. The van der Waals surface area contributed by atoms with Gasteiger partial charge in [-0.2, -0.15) is 0 Å². The fraction of sp³-hybridized carbons (Fsp3) is 0.545. The minimum Gasteiger partial charge on any atom is -0.496 e. The molecule has 2 N–H and O–H groups in total. The average Bonchev–Trinajstić information content (AvgIpc) is 2.68. The summed E-state index contributed by atoms with van der Waals surface area (Å²) in [5, 5.41) is 1.13. The lowest BCUT2D eigenvalue weighted by Crippen LogP contribution is -2.44. The zero-order valence-corrected chi connectivity index (χ0v) is 20.1. The number of hydrogen-bond donors (Lipinski definition) is 1. The van der Waals surface area contributed by atoms with Crippen molar-refractivity contribution in [2.24, 2.45) is 0 Å².